The summed E-state index contributed by atoms with van der Waals surface area (Å²) in [5, 5.41) is 23.7. The van der Waals surface area contributed by atoms with Gasteiger partial charge in [0, 0.05) is 24.5 Å². The summed E-state index contributed by atoms with van der Waals surface area (Å²) in [6.07, 6.45) is 2.77. The lowest BCUT2D eigenvalue weighted by Crippen LogP contribution is -2.44. The Kier molecular flexibility index (Phi) is 4.56. The number of aliphatic hydroxyl groups excluding tert-OH is 1. The van der Waals surface area contributed by atoms with Crippen molar-refractivity contribution in [3.05, 3.63) is 33.9 Å². The summed E-state index contributed by atoms with van der Waals surface area (Å²) >= 11 is 1.91. The zero-order valence-corrected chi connectivity index (χ0v) is 13.1. The van der Waals surface area contributed by atoms with E-state index in [1.54, 1.807) is 12.1 Å². The molecule has 2 aliphatic heterocycles. The summed E-state index contributed by atoms with van der Waals surface area (Å²) < 4.78 is 5.98. The van der Waals surface area contributed by atoms with Gasteiger partial charge in [0.2, 0.25) is 0 Å². The minimum atomic E-state index is -0.385. The minimum Gasteiger partial charge on any atom is -0.392 e. The van der Waals surface area contributed by atoms with Gasteiger partial charge < -0.3 is 15.2 Å². The van der Waals surface area contributed by atoms with Crippen LogP contribution in [0.2, 0.25) is 0 Å². The summed E-state index contributed by atoms with van der Waals surface area (Å²) in [6, 6.07) is 4.88. The maximum atomic E-state index is 11.2. The average molecular weight is 324 g/mol. The largest absolute Gasteiger partial charge is 0.392 e. The molecule has 2 heterocycles. The minimum absolute atomic E-state index is 0.0542. The van der Waals surface area contributed by atoms with Crippen LogP contribution < -0.4 is 5.32 Å². The Balaban J connectivity index is 1.78. The molecule has 2 aliphatic rings. The summed E-state index contributed by atoms with van der Waals surface area (Å²) in [6.45, 7) is 0.562. The fourth-order valence-electron chi connectivity index (χ4n) is 3.19. The highest BCUT2D eigenvalue weighted by Gasteiger charge is 2.40. The van der Waals surface area contributed by atoms with Crippen LogP contribution in [0.25, 0.3) is 0 Å². The van der Waals surface area contributed by atoms with Gasteiger partial charge in [0.25, 0.3) is 5.69 Å². The first-order chi connectivity index (χ1) is 10.6. The van der Waals surface area contributed by atoms with E-state index < -0.39 is 0 Å². The van der Waals surface area contributed by atoms with Crippen LogP contribution in [0.1, 0.15) is 24.8 Å². The Morgan fingerprint density at radius 1 is 1.55 bits per heavy atom. The van der Waals surface area contributed by atoms with Crippen molar-refractivity contribution in [3.8, 4) is 0 Å². The zero-order valence-electron chi connectivity index (χ0n) is 12.3. The van der Waals surface area contributed by atoms with Crippen molar-refractivity contribution in [2.75, 3.05) is 23.4 Å². The van der Waals surface area contributed by atoms with E-state index in [9.17, 15) is 15.2 Å². The molecule has 1 aromatic carbocycles. The van der Waals surface area contributed by atoms with Gasteiger partial charge in [-0.05, 0) is 42.7 Å². The smallest absolute Gasteiger partial charge is 0.292 e. The zero-order chi connectivity index (χ0) is 15.6. The number of hydrogen-bond acceptors (Lipinski definition) is 6. The Morgan fingerprint density at radius 2 is 2.41 bits per heavy atom. The fraction of sp³-hybridized carbons (Fsp3) is 0.600. The van der Waals surface area contributed by atoms with E-state index in [0.29, 0.717) is 17.9 Å². The predicted octanol–water partition coefficient (Wildman–Crippen LogP) is 2.55. The van der Waals surface area contributed by atoms with Crippen molar-refractivity contribution in [2.24, 2.45) is 0 Å². The van der Waals surface area contributed by atoms with E-state index in [0.717, 1.165) is 30.8 Å². The molecule has 6 nitrogen and oxygen atoms in total. The molecule has 22 heavy (non-hydrogen) atoms. The van der Waals surface area contributed by atoms with Crippen LogP contribution >= 0.6 is 11.8 Å². The number of aliphatic hydroxyl groups is 1. The quantitative estimate of drug-likeness (QED) is 0.654. The van der Waals surface area contributed by atoms with E-state index in [1.165, 1.54) is 6.07 Å². The van der Waals surface area contributed by atoms with Crippen LogP contribution in [0.4, 0.5) is 11.4 Å². The first kappa shape index (κ1) is 15.6. The molecule has 2 N–H and O–H groups in total. The van der Waals surface area contributed by atoms with Gasteiger partial charge in [0.1, 0.15) is 5.69 Å². The molecule has 3 rings (SSSR count). The van der Waals surface area contributed by atoms with Crippen LogP contribution in [0.3, 0.4) is 0 Å². The number of benzene rings is 1. The highest BCUT2D eigenvalue weighted by Crippen LogP contribution is 2.39. The number of thioether (sulfide) groups is 1. The fourth-order valence-corrected chi connectivity index (χ4v) is 4.57. The Morgan fingerprint density at radius 3 is 3.09 bits per heavy atom. The second-order valence-corrected chi connectivity index (χ2v) is 7.04. The predicted molar refractivity (Wildman–Crippen MR) is 86.3 cm³/mol. The number of nitro groups is 1. The highest BCUT2D eigenvalue weighted by molar-refractivity contribution is 7.99. The van der Waals surface area contributed by atoms with E-state index in [4.69, 9.17) is 4.74 Å². The van der Waals surface area contributed by atoms with Crippen molar-refractivity contribution in [1.29, 1.82) is 0 Å². The number of nitrogens with one attached hydrogen (secondary N) is 1. The molecule has 2 fully saturated rings. The molecule has 1 aromatic rings. The van der Waals surface area contributed by atoms with Crippen LogP contribution in [-0.4, -0.2) is 39.8 Å². The lowest BCUT2D eigenvalue weighted by Gasteiger charge is -2.38. The number of rotatable bonds is 4. The summed E-state index contributed by atoms with van der Waals surface area (Å²) in [5.41, 5.74) is 1.15. The van der Waals surface area contributed by atoms with Crippen LogP contribution in [-0.2, 0) is 11.3 Å². The number of anilines is 1. The third kappa shape index (κ3) is 3.21. The van der Waals surface area contributed by atoms with Gasteiger partial charge in [0.05, 0.1) is 17.1 Å². The van der Waals surface area contributed by atoms with Crippen molar-refractivity contribution in [1.82, 2.24) is 0 Å². The SMILES string of the molecule is O=[N+]([O-])c1ccc(CO)cc1NC1CCOC2(CCSC2)C1. The summed E-state index contributed by atoms with van der Waals surface area (Å²) in [4.78, 5) is 10.8. The van der Waals surface area contributed by atoms with Crippen LogP contribution in [0.5, 0.6) is 0 Å². The summed E-state index contributed by atoms with van der Waals surface area (Å²) in [7, 11) is 0. The Hall–Kier alpha value is -1.31. The van der Waals surface area contributed by atoms with Gasteiger partial charge >= 0.3 is 0 Å². The third-order valence-electron chi connectivity index (χ3n) is 4.36. The number of ether oxygens (including phenoxy) is 1. The second-order valence-electron chi connectivity index (χ2n) is 5.93. The number of nitrogens with zero attached hydrogens (tertiary/aromatic N) is 1. The second kappa shape index (κ2) is 6.44. The van der Waals surface area contributed by atoms with E-state index in [2.05, 4.69) is 5.32 Å². The average Bonchev–Trinajstić information content (AvgIpc) is 2.94. The van der Waals surface area contributed by atoms with Crippen LogP contribution in [0, 0.1) is 10.1 Å². The molecule has 2 unspecified atom stereocenters. The van der Waals surface area contributed by atoms with Gasteiger partial charge in [-0.15, -0.1) is 0 Å². The molecule has 2 saturated heterocycles. The van der Waals surface area contributed by atoms with Gasteiger partial charge in [-0.3, -0.25) is 10.1 Å². The standard InChI is InChI=1S/C15H20N2O4S/c18-9-11-1-2-14(17(19)20)13(7-11)16-12-3-5-21-15(8-12)4-6-22-10-15/h1-2,7,12,16,18H,3-6,8-10H2. The van der Waals surface area contributed by atoms with E-state index in [1.807, 2.05) is 11.8 Å². The molecule has 0 amide bonds. The lowest BCUT2D eigenvalue weighted by atomic mass is 9.89. The van der Waals surface area contributed by atoms with Crippen molar-refractivity contribution >= 4 is 23.1 Å². The maximum Gasteiger partial charge on any atom is 0.292 e. The molecular weight excluding hydrogens is 304 g/mol. The molecule has 7 heteroatoms. The molecule has 0 bridgehead atoms. The molecule has 0 saturated carbocycles. The van der Waals surface area contributed by atoms with Gasteiger partial charge in [-0.25, -0.2) is 0 Å². The normalized spacial score (nSPS) is 28.0. The van der Waals surface area contributed by atoms with Gasteiger partial charge in [-0.1, -0.05) is 0 Å². The number of hydrogen-bond donors (Lipinski definition) is 2. The topological polar surface area (TPSA) is 84.6 Å². The molecular formula is C15H20N2O4S. The summed E-state index contributed by atoms with van der Waals surface area (Å²) in [5.74, 6) is 2.12. The molecule has 120 valence electrons. The van der Waals surface area contributed by atoms with Crippen molar-refractivity contribution < 1.29 is 14.8 Å². The Labute approximate surface area is 133 Å². The first-order valence-electron chi connectivity index (χ1n) is 7.48. The van der Waals surface area contributed by atoms with Gasteiger partial charge in [0.15, 0.2) is 0 Å². The van der Waals surface area contributed by atoms with Crippen molar-refractivity contribution in [2.45, 2.75) is 37.5 Å². The highest BCUT2D eigenvalue weighted by atomic mass is 32.2. The number of nitro benzene ring substituents is 1. The molecule has 0 aliphatic carbocycles. The van der Waals surface area contributed by atoms with E-state index in [-0.39, 0.29) is 28.9 Å². The van der Waals surface area contributed by atoms with E-state index >= 15 is 0 Å². The van der Waals surface area contributed by atoms with Gasteiger partial charge in [-0.2, -0.15) is 11.8 Å². The molecule has 0 aromatic heterocycles. The Bertz CT molecular complexity index is 560. The van der Waals surface area contributed by atoms with Crippen LogP contribution in [0.15, 0.2) is 18.2 Å². The van der Waals surface area contributed by atoms with Crippen molar-refractivity contribution in [3.63, 3.8) is 0 Å². The lowest BCUT2D eigenvalue weighted by molar-refractivity contribution is -0.384. The monoisotopic (exact) mass is 324 g/mol. The molecule has 0 radical (unpaired) electrons. The molecule has 1 spiro atoms. The molecule has 2 atom stereocenters. The first-order valence-corrected chi connectivity index (χ1v) is 8.64. The third-order valence-corrected chi connectivity index (χ3v) is 5.58. The maximum absolute atomic E-state index is 11.2.